The quantitative estimate of drug-likeness (QED) is 0.815. The van der Waals surface area contributed by atoms with Crippen molar-refractivity contribution < 1.29 is 9.53 Å². The number of halogens is 1. The fourth-order valence-corrected chi connectivity index (χ4v) is 2.68. The third-order valence-electron chi connectivity index (χ3n) is 3.36. The van der Waals surface area contributed by atoms with Crippen LogP contribution in [-0.4, -0.2) is 39.9 Å². The molecule has 1 aromatic rings. The lowest BCUT2D eigenvalue weighted by molar-refractivity contribution is 0.0165. The van der Waals surface area contributed by atoms with Crippen LogP contribution in [0.25, 0.3) is 0 Å². The molecule has 2 rings (SSSR count). The second kappa shape index (κ2) is 6.73. The number of nitrogens with zero attached hydrogens (tertiary/aromatic N) is 3. The summed E-state index contributed by atoms with van der Waals surface area (Å²) in [4.78, 5) is 13.9. The molecule has 0 spiro atoms. The molecular weight excluding hydrogens is 334 g/mol. The van der Waals surface area contributed by atoms with Crippen molar-refractivity contribution >= 4 is 22.0 Å². The molecule has 5 nitrogen and oxygen atoms in total. The Bertz CT molecular complexity index is 485. The average Bonchev–Trinajstić information content (AvgIpc) is 2.40. The topological polar surface area (TPSA) is 55.3 Å². The molecule has 1 aliphatic rings. The first-order chi connectivity index (χ1) is 9.83. The molecular formula is C15H22BrN3O2. The number of ether oxygens (including phenoxy) is 1. The van der Waals surface area contributed by atoms with E-state index in [4.69, 9.17) is 4.74 Å². The first-order valence-corrected chi connectivity index (χ1v) is 8.09. The molecule has 1 saturated heterocycles. The molecule has 0 saturated carbocycles. The number of rotatable bonds is 2. The maximum Gasteiger partial charge on any atom is 0.410 e. The van der Waals surface area contributed by atoms with Crippen molar-refractivity contribution in [1.82, 2.24) is 15.1 Å². The highest BCUT2D eigenvalue weighted by Gasteiger charge is 2.27. The molecule has 0 radical (unpaired) electrons. The van der Waals surface area contributed by atoms with Gasteiger partial charge in [-0.25, -0.2) is 4.79 Å². The lowest BCUT2D eigenvalue weighted by Crippen LogP contribution is -2.43. The van der Waals surface area contributed by atoms with Crippen molar-refractivity contribution in [2.75, 3.05) is 13.1 Å². The zero-order valence-electron chi connectivity index (χ0n) is 12.8. The summed E-state index contributed by atoms with van der Waals surface area (Å²) in [6.07, 6.45) is 2.75. The molecule has 1 fully saturated rings. The molecule has 1 unspecified atom stereocenters. The third kappa shape index (κ3) is 5.26. The van der Waals surface area contributed by atoms with Gasteiger partial charge in [0.1, 0.15) is 10.2 Å². The van der Waals surface area contributed by atoms with Crippen LogP contribution in [-0.2, 0) is 11.2 Å². The molecule has 1 aliphatic heterocycles. The van der Waals surface area contributed by atoms with Crippen LogP contribution < -0.4 is 0 Å². The predicted molar refractivity (Wildman–Crippen MR) is 84.0 cm³/mol. The summed E-state index contributed by atoms with van der Waals surface area (Å²) in [5, 5.41) is 8.18. The lowest BCUT2D eigenvalue weighted by Gasteiger charge is -2.34. The van der Waals surface area contributed by atoms with Crippen LogP contribution in [0.1, 0.15) is 39.3 Å². The smallest absolute Gasteiger partial charge is 0.410 e. The van der Waals surface area contributed by atoms with Crippen molar-refractivity contribution in [2.45, 2.75) is 45.6 Å². The van der Waals surface area contributed by atoms with E-state index in [1.54, 1.807) is 0 Å². The largest absolute Gasteiger partial charge is 0.444 e. The second-order valence-electron chi connectivity index (χ2n) is 6.49. The van der Waals surface area contributed by atoms with E-state index >= 15 is 0 Å². The number of carbonyl (C=O) groups is 1. The zero-order valence-corrected chi connectivity index (χ0v) is 14.4. The highest BCUT2D eigenvalue weighted by molar-refractivity contribution is 9.10. The highest BCUT2D eigenvalue weighted by atomic mass is 79.9. The van der Waals surface area contributed by atoms with E-state index in [0.717, 1.165) is 42.6 Å². The minimum Gasteiger partial charge on any atom is -0.444 e. The van der Waals surface area contributed by atoms with Crippen LogP contribution in [0.5, 0.6) is 0 Å². The normalized spacial score (nSPS) is 19.4. The van der Waals surface area contributed by atoms with Crippen LogP contribution >= 0.6 is 15.9 Å². The predicted octanol–water partition coefficient (Wildman–Crippen LogP) is 3.43. The number of hydrogen-bond acceptors (Lipinski definition) is 4. The second-order valence-corrected chi connectivity index (χ2v) is 7.30. The molecule has 1 amide bonds. The van der Waals surface area contributed by atoms with E-state index in [9.17, 15) is 4.79 Å². The van der Waals surface area contributed by atoms with Gasteiger partial charge in [-0.1, -0.05) is 0 Å². The Hall–Kier alpha value is -1.17. The van der Waals surface area contributed by atoms with Gasteiger partial charge in [-0.2, -0.15) is 5.10 Å². The van der Waals surface area contributed by atoms with E-state index in [0.29, 0.717) is 5.92 Å². The molecule has 1 atom stereocenters. The number of piperidine rings is 1. The fraction of sp³-hybridized carbons (Fsp3) is 0.667. The lowest BCUT2D eigenvalue weighted by atomic mass is 9.93. The summed E-state index contributed by atoms with van der Waals surface area (Å²) in [7, 11) is 0. The summed E-state index contributed by atoms with van der Waals surface area (Å²) in [6, 6.07) is 3.88. The van der Waals surface area contributed by atoms with Crippen molar-refractivity contribution in [1.29, 1.82) is 0 Å². The van der Waals surface area contributed by atoms with Crippen molar-refractivity contribution in [3.8, 4) is 0 Å². The Kier molecular flexibility index (Phi) is 5.19. The Labute approximate surface area is 134 Å². The first-order valence-electron chi connectivity index (χ1n) is 7.29. The summed E-state index contributed by atoms with van der Waals surface area (Å²) in [5.74, 6) is 0.418. The number of carbonyl (C=O) groups excluding carboxylic acids is 1. The molecule has 116 valence electrons. The highest BCUT2D eigenvalue weighted by Crippen LogP contribution is 2.22. The Balaban J connectivity index is 1.91. The van der Waals surface area contributed by atoms with Crippen molar-refractivity contribution in [3.63, 3.8) is 0 Å². The van der Waals surface area contributed by atoms with Gasteiger partial charge in [-0.15, -0.1) is 5.10 Å². The van der Waals surface area contributed by atoms with Crippen LogP contribution in [0, 0.1) is 5.92 Å². The molecule has 21 heavy (non-hydrogen) atoms. The number of likely N-dealkylation sites (tertiary alicyclic amines) is 1. The van der Waals surface area contributed by atoms with Gasteiger partial charge in [0.25, 0.3) is 0 Å². The molecule has 1 aromatic heterocycles. The molecule has 0 N–H and O–H groups in total. The van der Waals surface area contributed by atoms with Gasteiger partial charge in [0.15, 0.2) is 0 Å². The Morgan fingerprint density at radius 3 is 2.81 bits per heavy atom. The van der Waals surface area contributed by atoms with Gasteiger partial charge in [0.2, 0.25) is 0 Å². The first kappa shape index (κ1) is 16.2. The average molecular weight is 356 g/mol. The minimum atomic E-state index is -0.443. The Morgan fingerprint density at radius 2 is 2.19 bits per heavy atom. The monoisotopic (exact) mass is 355 g/mol. The van der Waals surface area contributed by atoms with E-state index in [1.165, 1.54) is 0 Å². The van der Waals surface area contributed by atoms with E-state index < -0.39 is 5.60 Å². The third-order valence-corrected chi connectivity index (χ3v) is 3.78. The zero-order chi connectivity index (χ0) is 15.5. The summed E-state index contributed by atoms with van der Waals surface area (Å²) < 4.78 is 6.19. The van der Waals surface area contributed by atoms with Crippen LogP contribution in [0.4, 0.5) is 4.79 Å². The standard InChI is InChI=1S/C15H22BrN3O2/c1-15(2,3)21-14(20)19-8-4-5-11(10-19)9-12-6-7-13(16)18-17-12/h6-7,11H,4-5,8-10H2,1-3H3. The Morgan fingerprint density at radius 1 is 1.43 bits per heavy atom. The van der Waals surface area contributed by atoms with Gasteiger partial charge in [-0.05, 0) is 74.0 Å². The number of amides is 1. The van der Waals surface area contributed by atoms with Gasteiger partial charge in [-0.3, -0.25) is 0 Å². The molecule has 0 aliphatic carbocycles. The fourth-order valence-electron chi connectivity index (χ4n) is 2.47. The van der Waals surface area contributed by atoms with Crippen LogP contribution in [0.2, 0.25) is 0 Å². The summed E-state index contributed by atoms with van der Waals surface area (Å²) in [6.45, 7) is 7.18. The molecule has 6 heteroatoms. The molecule has 0 aromatic carbocycles. The molecule has 2 heterocycles. The maximum absolute atomic E-state index is 12.1. The SMILES string of the molecule is CC(C)(C)OC(=O)N1CCCC(Cc2ccc(Br)nn2)C1. The van der Waals surface area contributed by atoms with E-state index in [1.807, 2.05) is 37.8 Å². The van der Waals surface area contributed by atoms with E-state index in [2.05, 4.69) is 26.1 Å². The summed E-state index contributed by atoms with van der Waals surface area (Å²) >= 11 is 3.28. The van der Waals surface area contributed by atoms with E-state index in [-0.39, 0.29) is 6.09 Å². The van der Waals surface area contributed by atoms with Crippen LogP contribution in [0.3, 0.4) is 0 Å². The van der Waals surface area contributed by atoms with Crippen LogP contribution in [0.15, 0.2) is 16.7 Å². The van der Waals surface area contributed by atoms with Gasteiger partial charge >= 0.3 is 6.09 Å². The number of aromatic nitrogens is 2. The van der Waals surface area contributed by atoms with Gasteiger partial charge in [0.05, 0.1) is 5.69 Å². The molecule has 0 bridgehead atoms. The van der Waals surface area contributed by atoms with Crippen molar-refractivity contribution in [3.05, 3.63) is 22.4 Å². The number of hydrogen-bond donors (Lipinski definition) is 0. The van der Waals surface area contributed by atoms with Crippen molar-refractivity contribution in [2.24, 2.45) is 5.92 Å². The maximum atomic E-state index is 12.1. The van der Waals surface area contributed by atoms with Gasteiger partial charge < -0.3 is 9.64 Å². The minimum absolute atomic E-state index is 0.214. The summed E-state index contributed by atoms with van der Waals surface area (Å²) in [5.41, 5.74) is 0.524. The van der Waals surface area contributed by atoms with Gasteiger partial charge in [0, 0.05) is 13.1 Å².